The molecule has 1 heterocycles. The van der Waals surface area contributed by atoms with Crippen molar-refractivity contribution in [2.75, 3.05) is 0 Å². The van der Waals surface area contributed by atoms with Gasteiger partial charge in [0.15, 0.2) is 0 Å². The van der Waals surface area contributed by atoms with E-state index in [1.807, 2.05) is 25.1 Å². The highest BCUT2D eigenvalue weighted by atomic mass is 32.2. The Morgan fingerprint density at radius 3 is 2.69 bits per heavy atom. The van der Waals surface area contributed by atoms with Gasteiger partial charge in [0.1, 0.15) is 5.75 Å². The molecular formula is C12H12N2OS. The summed E-state index contributed by atoms with van der Waals surface area (Å²) in [5.41, 5.74) is 1.83. The van der Waals surface area contributed by atoms with Gasteiger partial charge < -0.3 is 5.11 Å². The van der Waals surface area contributed by atoms with Gasteiger partial charge in [0.05, 0.1) is 11.4 Å². The number of benzene rings is 1. The Kier molecular flexibility index (Phi) is 3.41. The van der Waals surface area contributed by atoms with Gasteiger partial charge in [-0.25, -0.2) is 0 Å². The molecule has 0 saturated heterocycles. The molecule has 0 aliphatic rings. The van der Waals surface area contributed by atoms with Gasteiger partial charge in [0, 0.05) is 23.0 Å². The van der Waals surface area contributed by atoms with Crippen LogP contribution in [0.25, 0.3) is 0 Å². The fraction of sp³-hybridized carbons (Fsp3) is 0.167. The Labute approximate surface area is 98.6 Å². The lowest BCUT2D eigenvalue weighted by atomic mass is 10.3. The summed E-state index contributed by atoms with van der Waals surface area (Å²) in [4.78, 5) is 9.30. The van der Waals surface area contributed by atoms with E-state index in [4.69, 9.17) is 0 Å². The van der Waals surface area contributed by atoms with Crippen LogP contribution in [0.2, 0.25) is 0 Å². The van der Waals surface area contributed by atoms with Gasteiger partial charge in [-0.05, 0) is 19.1 Å². The second kappa shape index (κ2) is 4.99. The van der Waals surface area contributed by atoms with Crippen LogP contribution in [0.1, 0.15) is 11.4 Å². The van der Waals surface area contributed by atoms with Gasteiger partial charge in [-0.2, -0.15) is 0 Å². The molecule has 4 heteroatoms. The predicted molar refractivity (Wildman–Crippen MR) is 64.4 cm³/mol. The molecule has 0 spiro atoms. The molecule has 0 amide bonds. The maximum absolute atomic E-state index is 9.58. The lowest BCUT2D eigenvalue weighted by Crippen LogP contribution is -1.90. The quantitative estimate of drug-likeness (QED) is 0.826. The summed E-state index contributed by atoms with van der Waals surface area (Å²) in [7, 11) is 0. The Bertz CT molecular complexity index is 471. The van der Waals surface area contributed by atoms with E-state index >= 15 is 0 Å². The average Bonchev–Trinajstić information content (AvgIpc) is 2.30. The summed E-state index contributed by atoms with van der Waals surface area (Å²) in [5, 5.41) is 9.58. The third kappa shape index (κ3) is 2.73. The van der Waals surface area contributed by atoms with Crippen LogP contribution in [0.5, 0.6) is 5.75 Å². The molecule has 1 aromatic carbocycles. The highest BCUT2D eigenvalue weighted by Gasteiger charge is 2.01. The van der Waals surface area contributed by atoms with Crippen molar-refractivity contribution in [3.8, 4) is 5.75 Å². The van der Waals surface area contributed by atoms with Crippen molar-refractivity contribution >= 4 is 11.8 Å². The molecule has 0 saturated carbocycles. The van der Waals surface area contributed by atoms with Crippen molar-refractivity contribution in [1.82, 2.24) is 9.97 Å². The molecule has 1 aromatic heterocycles. The maximum atomic E-state index is 9.58. The van der Waals surface area contributed by atoms with E-state index in [1.54, 1.807) is 30.2 Å². The third-order valence-corrected chi connectivity index (χ3v) is 3.17. The molecule has 0 radical (unpaired) electrons. The predicted octanol–water partition coefficient (Wildman–Crippen LogP) is 2.78. The second-order valence-corrected chi connectivity index (χ2v) is 4.42. The van der Waals surface area contributed by atoms with Crippen molar-refractivity contribution < 1.29 is 5.11 Å². The summed E-state index contributed by atoms with van der Waals surface area (Å²) in [5.74, 6) is 1.03. The lowest BCUT2D eigenvalue weighted by molar-refractivity contribution is 0.462. The molecule has 0 aliphatic carbocycles. The van der Waals surface area contributed by atoms with Gasteiger partial charge in [-0.3, -0.25) is 9.97 Å². The topological polar surface area (TPSA) is 46.0 Å². The molecule has 1 N–H and O–H groups in total. The first-order chi connectivity index (χ1) is 7.75. The van der Waals surface area contributed by atoms with Gasteiger partial charge in [0.2, 0.25) is 0 Å². The van der Waals surface area contributed by atoms with E-state index < -0.39 is 0 Å². The van der Waals surface area contributed by atoms with Crippen LogP contribution >= 0.6 is 11.8 Å². The van der Waals surface area contributed by atoms with E-state index in [0.717, 1.165) is 16.3 Å². The number of aromatic nitrogens is 2. The zero-order chi connectivity index (χ0) is 11.4. The maximum Gasteiger partial charge on any atom is 0.129 e. The van der Waals surface area contributed by atoms with Crippen molar-refractivity contribution in [2.45, 2.75) is 17.6 Å². The second-order valence-electron chi connectivity index (χ2n) is 3.41. The van der Waals surface area contributed by atoms with Crippen molar-refractivity contribution in [1.29, 1.82) is 0 Å². The first-order valence-corrected chi connectivity index (χ1v) is 5.92. The van der Waals surface area contributed by atoms with Crippen molar-refractivity contribution in [3.05, 3.63) is 48.0 Å². The molecule has 16 heavy (non-hydrogen) atoms. The molecule has 2 rings (SSSR count). The number of aryl methyl sites for hydroxylation is 1. The average molecular weight is 232 g/mol. The Hall–Kier alpha value is -1.55. The molecule has 82 valence electrons. The monoisotopic (exact) mass is 232 g/mol. The number of nitrogens with zero attached hydrogens (tertiary/aromatic N) is 2. The van der Waals surface area contributed by atoms with Crippen LogP contribution in [-0.4, -0.2) is 15.1 Å². The molecule has 2 aromatic rings. The van der Waals surface area contributed by atoms with Gasteiger partial charge in [-0.1, -0.05) is 12.1 Å². The molecule has 3 nitrogen and oxygen atoms in total. The SMILES string of the molecule is Cc1cnc(CSc2ccccc2O)cn1. The van der Waals surface area contributed by atoms with E-state index in [9.17, 15) is 5.11 Å². The van der Waals surface area contributed by atoms with E-state index in [1.165, 1.54) is 0 Å². The highest BCUT2D eigenvalue weighted by molar-refractivity contribution is 7.98. The third-order valence-electron chi connectivity index (χ3n) is 2.08. The molecule has 0 aliphatic heterocycles. The van der Waals surface area contributed by atoms with E-state index in [2.05, 4.69) is 9.97 Å². The zero-order valence-electron chi connectivity index (χ0n) is 8.92. The van der Waals surface area contributed by atoms with Crippen molar-refractivity contribution in [2.24, 2.45) is 0 Å². The fourth-order valence-electron chi connectivity index (χ4n) is 1.22. The Morgan fingerprint density at radius 2 is 2.00 bits per heavy atom. The van der Waals surface area contributed by atoms with E-state index in [-0.39, 0.29) is 0 Å². The van der Waals surface area contributed by atoms with Gasteiger partial charge in [-0.15, -0.1) is 11.8 Å². The number of thioether (sulfide) groups is 1. The number of hydrogen-bond acceptors (Lipinski definition) is 4. The van der Waals surface area contributed by atoms with Gasteiger partial charge in [0.25, 0.3) is 0 Å². The molecule has 0 atom stereocenters. The van der Waals surface area contributed by atoms with Gasteiger partial charge >= 0.3 is 0 Å². The van der Waals surface area contributed by atoms with Crippen LogP contribution < -0.4 is 0 Å². The van der Waals surface area contributed by atoms with Crippen LogP contribution in [0, 0.1) is 6.92 Å². The van der Waals surface area contributed by atoms with Crippen LogP contribution in [0.15, 0.2) is 41.6 Å². The normalized spacial score (nSPS) is 10.3. The first kappa shape index (κ1) is 11.0. The summed E-state index contributed by atoms with van der Waals surface area (Å²) < 4.78 is 0. The molecule has 0 fully saturated rings. The fourth-order valence-corrected chi connectivity index (χ4v) is 2.07. The Balaban J connectivity index is 2.02. The highest BCUT2D eigenvalue weighted by Crippen LogP contribution is 2.29. The summed E-state index contributed by atoms with van der Waals surface area (Å²) >= 11 is 1.55. The van der Waals surface area contributed by atoms with Crippen LogP contribution in [-0.2, 0) is 5.75 Å². The molecule has 0 bridgehead atoms. The number of phenolic OH excluding ortho intramolecular Hbond substituents is 1. The number of phenols is 1. The largest absolute Gasteiger partial charge is 0.507 e. The van der Waals surface area contributed by atoms with Crippen molar-refractivity contribution in [3.63, 3.8) is 0 Å². The minimum absolute atomic E-state index is 0.313. The van der Waals surface area contributed by atoms with Crippen LogP contribution in [0.3, 0.4) is 0 Å². The van der Waals surface area contributed by atoms with E-state index in [0.29, 0.717) is 11.5 Å². The van der Waals surface area contributed by atoms with Crippen LogP contribution in [0.4, 0.5) is 0 Å². The molecular weight excluding hydrogens is 220 g/mol. The number of para-hydroxylation sites is 1. The summed E-state index contributed by atoms with van der Waals surface area (Å²) in [6, 6.07) is 7.29. The zero-order valence-corrected chi connectivity index (χ0v) is 9.74. The number of hydrogen-bond donors (Lipinski definition) is 1. The molecule has 0 unspecified atom stereocenters. The minimum atomic E-state index is 0.313. The summed E-state index contributed by atoms with van der Waals surface area (Å²) in [6.07, 6.45) is 3.52. The summed E-state index contributed by atoms with van der Waals surface area (Å²) in [6.45, 7) is 1.91. The lowest BCUT2D eigenvalue weighted by Gasteiger charge is -2.03. The standard InChI is InChI=1S/C12H12N2OS/c1-9-6-14-10(7-13-9)8-16-12-5-3-2-4-11(12)15/h2-7,15H,8H2,1H3. The first-order valence-electron chi connectivity index (χ1n) is 4.94. The number of rotatable bonds is 3. The Morgan fingerprint density at radius 1 is 1.19 bits per heavy atom. The number of aromatic hydroxyl groups is 1. The smallest absolute Gasteiger partial charge is 0.129 e. The minimum Gasteiger partial charge on any atom is -0.507 e.